The van der Waals surface area contributed by atoms with Gasteiger partial charge in [0.1, 0.15) is 0 Å². The Morgan fingerprint density at radius 3 is 1.83 bits per heavy atom. The lowest BCUT2D eigenvalue weighted by atomic mass is 10.1. The maximum absolute atomic E-state index is 14.3. The van der Waals surface area contributed by atoms with E-state index in [-0.39, 0.29) is 5.92 Å². The van der Waals surface area contributed by atoms with E-state index in [0.717, 1.165) is 21.6 Å². The van der Waals surface area contributed by atoms with Gasteiger partial charge in [0.15, 0.2) is 7.14 Å². The highest BCUT2D eigenvalue weighted by Crippen LogP contribution is 2.44. The average molecular weight is 324 g/mol. The topological polar surface area (TPSA) is 34.9 Å². The first-order chi connectivity index (χ1) is 11.0. The number of benzene rings is 2. The Bertz CT molecular complexity index is 795. The van der Waals surface area contributed by atoms with Gasteiger partial charge in [0.05, 0.1) is 11.0 Å². The number of hydrogen-bond acceptors (Lipinski definition) is 2. The van der Waals surface area contributed by atoms with Gasteiger partial charge in [0, 0.05) is 23.9 Å². The first-order valence-electron chi connectivity index (χ1n) is 7.79. The van der Waals surface area contributed by atoms with Gasteiger partial charge in [-0.1, -0.05) is 74.5 Å². The lowest BCUT2D eigenvalue weighted by Gasteiger charge is -2.20. The van der Waals surface area contributed by atoms with Gasteiger partial charge < -0.3 is 4.57 Å². The summed E-state index contributed by atoms with van der Waals surface area (Å²) in [5, 5.41) is 7.11. The molecule has 3 aromatic rings. The second-order valence-electron chi connectivity index (χ2n) is 6.01. The zero-order valence-corrected chi connectivity index (χ0v) is 14.6. The van der Waals surface area contributed by atoms with Crippen LogP contribution in [0, 0.1) is 0 Å². The summed E-state index contributed by atoms with van der Waals surface area (Å²) in [5.74, 6) is 0.215. The van der Waals surface area contributed by atoms with Crippen molar-refractivity contribution in [2.24, 2.45) is 7.05 Å². The highest BCUT2D eigenvalue weighted by Gasteiger charge is 2.34. The monoisotopic (exact) mass is 324 g/mol. The molecule has 0 fully saturated rings. The molecule has 23 heavy (non-hydrogen) atoms. The van der Waals surface area contributed by atoms with E-state index in [4.69, 9.17) is 0 Å². The Morgan fingerprint density at radius 1 is 0.913 bits per heavy atom. The van der Waals surface area contributed by atoms with Crippen LogP contribution in [-0.2, 0) is 11.6 Å². The van der Waals surface area contributed by atoms with Crippen LogP contribution in [0.3, 0.4) is 0 Å². The molecule has 2 aromatic carbocycles. The van der Waals surface area contributed by atoms with E-state index >= 15 is 0 Å². The number of nitrogens with zero attached hydrogens (tertiary/aromatic N) is 2. The lowest BCUT2D eigenvalue weighted by Crippen LogP contribution is -2.26. The normalized spacial score (nSPS) is 11.8. The molecule has 0 radical (unpaired) electrons. The van der Waals surface area contributed by atoms with Gasteiger partial charge >= 0.3 is 0 Å². The first kappa shape index (κ1) is 15.8. The number of rotatable bonds is 4. The minimum absolute atomic E-state index is 0.215. The molecule has 0 aliphatic heterocycles. The predicted molar refractivity (Wildman–Crippen MR) is 96.7 cm³/mol. The smallest absolute Gasteiger partial charge is 0.174 e. The Balaban J connectivity index is 2.33. The molecule has 0 aliphatic rings. The zero-order valence-electron chi connectivity index (χ0n) is 13.7. The molecule has 0 saturated carbocycles. The summed E-state index contributed by atoms with van der Waals surface area (Å²) >= 11 is 0. The van der Waals surface area contributed by atoms with Crippen LogP contribution < -0.4 is 15.9 Å². The van der Waals surface area contributed by atoms with Crippen LogP contribution >= 0.6 is 7.14 Å². The summed E-state index contributed by atoms with van der Waals surface area (Å²) < 4.78 is 16.1. The van der Waals surface area contributed by atoms with Gasteiger partial charge in [0.25, 0.3) is 0 Å². The number of hydrogen-bond donors (Lipinski definition) is 0. The largest absolute Gasteiger partial charge is 0.309 e. The molecule has 0 saturated heterocycles. The first-order valence-corrected chi connectivity index (χ1v) is 9.49. The molecule has 4 heteroatoms. The summed E-state index contributed by atoms with van der Waals surface area (Å²) in [7, 11) is -1.05. The molecule has 0 spiro atoms. The average Bonchev–Trinajstić information content (AvgIpc) is 2.98. The molecule has 0 N–H and O–H groups in total. The van der Waals surface area contributed by atoms with Gasteiger partial charge in [-0.05, 0) is 5.92 Å². The fourth-order valence-electron chi connectivity index (χ4n) is 2.85. The van der Waals surface area contributed by atoms with Crippen molar-refractivity contribution in [2.75, 3.05) is 0 Å². The third-order valence-corrected chi connectivity index (χ3v) is 7.04. The molecular formula is C19H21N2OP. The summed E-state index contributed by atoms with van der Waals surface area (Å²) in [6.45, 7) is 4.18. The Labute approximate surface area is 137 Å². The summed E-state index contributed by atoms with van der Waals surface area (Å²) in [4.78, 5) is 0. The van der Waals surface area contributed by atoms with Crippen molar-refractivity contribution in [1.82, 2.24) is 9.78 Å². The van der Waals surface area contributed by atoms with Crippen molar-refractivity contribution in [3.8, 4) is 0 Å². The molecule has 118 valence electrons. The Morgan fingerprint density at radius 2 is 1.39 bits per heavy atom. The van der Waals surface area contributed by atoms with Crippen molar-refractivity contribution in [3.63, 3.8) is 0 Å². The van der Waals surface area contributed by atoms with Gasteiger partial charge in [-0.25, -0.2) is 0 Å². The fraction of sp³-hybridized carbons (Fsp3) is 0.211. The van der Waals surface area contributed by atoms with Gasteiger partial charge in [-0.3, -0.25) is 4.68 Å². The molecular weight excluding hydrogens is 303 g/mol. The van der Waals surface area contributed by atoms with Crippen LogP contribution in [0.2, 0.25) is 0 Å². The van der Waals surface area contributed by atoms with Crippen molar-refractivity contribution >= 4 is 23.1 Å². The molecule has 1 aromatic heterocycles. The van der Waals surface area contributed by atoms with Crippen LogP contribution in [-0.4, -0.2) is 9.78 Å². The van der Waals surface area contributed by atoms with Crippen molar-refractivity contribution < 1.29 is 4.57 Å². The Kier molecular flexibility index (Phi) is 4.23. The highest BCUT2D eigenvalue weighted by molar-refractivity contribution is 7.85. The number of aromatic nitrogens is 2. The molecule has 0 aliphatic carbocycles. The molecule has 1 heterocycles. The fourth-order valence-corrected chi connectivity index (χ4v) is 5.84. The van der Waals surface area contributed by atoms with Gasteiger partial charge in [-0.2, -0.15) is 5.10 Å². The second-order valence-corrected chi connectivity index (χ2v) is 8.74. The molecule has 0 amide bonds. The molecule has 3 nitrogen and oxygen atoms in total. The Hall–Kier alpha value is -2.12. The second kappa shape index (κ2) is 6.17. The van der Waals surface area contributed by atoms with Gasteiger partial charge in [-0.15, -0.1) is 0 Å². The quantitative estimate of drug-likeness (QED) is 0.691. The summed E-state index contributed by atoms with van der Waals surface area (Å²) in [5.41, 5.74) is 0.906. The predicted octanol–water partition coefficient (Wildman–Crippen LogP) is 3.18. The van der Waals surface area contributed by atoms with E-state index in [2.05, 4.69) is 18.9 Å². The maximum Gasteiger partial charge on any atom is 0.174 e. The number of aryl methyl sites for hydroxylation is 1. The minimum Gasteiger partial charge on any atom is -0.309 e. The van der Waals surface area contributed by atoms with Crippen molar-refractivity contribution in [3.05, 3.63) is 72.6 Å². The minimum atomic E-state index is -2.93. The zero-order chi connectivity index (χ0) is 16.4. The van der Waals surface area contributed by atoms with E-state index in [1.165, 1.54) is 0 Å². The van der Waals surface area contributed by atoms with Crippen LogP contribution in [0.4, 0.5) is 0 Å². The van der Waals surface area contributed by atoms with E-state index in [1.54, 1.807) is 4.68 Å². The summed E-state index contributed by atoms with van der Waals surface area (Å²) in [6, 6.07) is 19.5. The van der Waals surface area contributed by atoms with Crippen LogP contribution in [0.5, 0.6) is 0 Å². The molecule has 0 atom stereocenters. The third-order valence-electron chi connectivity index (χ3n) is 3.96. The lowest BCUT2D eigenvalue weighted by molar-refractivity contribution is 0.592. The molecule has 0 unspecified atom stereocenters. The highest BCUT2D eigenvalue weighted by atomic mass is 31.2. The van der Waals surface area contributed by atoms with Crippen LogP contribution in [0.1, 0.15) is 25.5 Å². The third kappa shape index (κ3) is 2.77. The van der Waals surface area contributed by atoms with E-state index in [9.17, 15) is 4.57 Å². The standard InChI is InChI=1S/C19H21N2OP/c1-15(2)19-18(14-21(3)20-19)23(22,16-10-6-4-7-11-16)17-12-8-5-9-13-17/h4-15H,1-3H3. The van der Waals surface area contributed by atoms with Gasteiger partial charge in [0.2, 0.25) is 0 Å². The van der Waals surface area contributed by atoms with E-state index in [0.29, 0.717) is 0 Å². The molecule has 0 bridgehead atoms. The van der Waals surface area contributed by atoms with E-state index < -0.39 is 7.14 Å². The van der Waals surface area contributed by atoms with Crippen molar-refractivity contribution in [1.29, 1.82) is 0 Å². The van der Waals surface area contributed by atoms with Crippen LogP contribution in [0.15, 0.2) is 66.9 Å². The molecule has 3 rings (SSSR count). The maximum atomic E-state index is 14.3. The summed E-state index contributed by atoms with van der Waals surface area (Å²) in [6.07, 6.45) is 1.91. The van der Waals surface area contributed by atoms with Crippen LogP contribution in [0.25, 0.3) is 0 Å². The SMILES string of the molecule is CC(C)c1nn(C)cc1P(=O)(c1ccccc1)c1ccccc1. The van der Waals surface area contributed by atoms with Crippen molar-refractivity contribution in [2.45, 2.75) is 19.8 Å². The van der Waals surface area contributed by atoms with E-state index in [1.807, 2.05) is 73.9 Å².